The van der Waals surface area contributed by atoms with Gasteiger partial charge in [0.05, 0.1) is 0 Å². The summed E-state index contributed by atoms with van der Waals surface area (Å²) in [5, 5.41) is 0. The normalized spacial score (nSPS) is 16.8. The van der Waals surface area contributed by atoms with Gasteiger partial charge < -0.3 is 4.90 Å². The van der Waals surface area contributed by atoms with E-state index in [4.69, 9.17) is 0 Å². The molecule has 0 amide bonds. The SMILES string of the molecule is Cc1ccc(-c2ccc(CCC3CCN(CC(C)(C)C)CC3)cc2)cc1. The van der Waals surface area contributed by atoms with Crippen molar-refractivity contribution in [2.24, 2.45) is 11.3 Å². The lowest BCUT2D eigenvalue weighted by atomic mass is 9.88. The van der Waals surface area contributed by atoms with E-state index >= 15 is 0 Å². The van der Waals surface area contributed by atoms with Gasteiger partial charge >= 0.3 is 0 Å². The van der Waals surface area contributed by atoms with Crippen molar-refractivity contribution >= 4 is 0 Å². The van der Waals surface area contributed by atoms with Crippen LogP contribution in [0.3, 0.4) is 0 Å². The van der Waals surface area contributed by atoms with E-state index in [1.807, 2.05) is 0 Å². The molecule has 0 spiro atoms. The van der Waals surface area contributed by atoms with Crippen LogP contribution in [0.1, 0.15) is 51.2 Å². The Hall–Kier alpha value is -1.60. The molecular weight excluding hydrogens is 314 g/mol. The maximum Gasteiger partial charge on any atom is 0.00300 e. The van der Waals surface area contributed by atoms with Gasteiger partial charge in [-0.15, -0.1) is 0 Å². The van der Waals surface area contributed by atoms with Crippen LogP contribution < -0.4 is 0 Å². The van der Waals surface area contributed by atoms with Crippen LogP contribution in [-0.2, 0) is 6.42 Å². The number of hydrogen-bond donors (Lipinski definition) is 0. The molecule has 1 saturated heterocycles. The smallest absolute Gasteiger partial charge is 0.00300 e. The van der Waals surface area contributed by atoms with E-state index in [1.165, 1.54) is 67.6 Å². The summed E-state index contributed by atoms with van der Waals surface area (Å²) in [6.45, 7) is 13.0. The fraction of sp³-hybridized carbons (Fsp3) is 0.520. The minimum Gasteiger partial charge on any atom is -0.303 e. The van der Waals surface area contributed by atoms with Gasteiger partial charge in [0.2, 0.25) is 0 Å². The second kappa shape index (κ2) is 8.39. The first-order valence-corrected chi connectivity index (χ1v) is 10.3. The van der Waals surface area contributed by atoms with Crippen molar-refractivity contribution in [2.45, 2.75) is 53.4 Å². The Morgan fingerprint density at radius 3 is 1.92 bits per heavy atom. The highest BCUT2D eigenvalue weighted by Crippen LogP contribution is 2.26. The number of nitrogens with zero attached hydrogens (tertiary/aromatic N) is 1. The fourth-order valence-corrected chi connectivity index (χ4v) is 4.08. The first-order valence-electron chi connectivity index (χ1n) is 10.3. The molecule has 1 aliphatic heterocycles. The van der Waals surface area contributed by atoms with Gasteiger partial charge in [-0.3, -0.25) is 0 Å². The molecule has 1 heterocycles. The zero-order valence-electron chi connectivity index (χ0n) is 17.1. The second-order valence-corrected chi connectivity index (χ2v) is 9.38. The quantitative estimate of drug-likeness (QED) is 0.607. The lowest BCUT2D eigenvalue weighted by Crippen LogP contribution is -2.39. The summed E-state index contributed by atoms with van der Waals surface area (Å²) < 4.78 is 0. The molecule has 1 aliphatic rings. The molecule has 1 nitrogen and oxygen atoms in total. The minimum atomic E-state index is 0.423. The van der Waals surface area contributed by atoms with Gasteiger partial charge in [0, 0.05) is 6.54 Å². The highest BCUT2D eigenvalue weighted by molar-refractivity contribution is 5.63. The lowest BCUT2D eigenvalue weighted by Gasteiger charge is -2.36. The van der Waals surface area contributed by atoms with Gasteiger partial charge in [-0.1, -0.05) is 74.9 Å². The van der Waals surface area contributed by atoms with Crippen LogP contribution in [0.25, 0.3) is 11.1 Å². The number of hydrogen-bond acceptors (Lipinski definition) is 1. The monoisotopic (exact) mass is 349 g/mol. The van der Waals surface area contributed by atoms with E-state index < -0.39 is 0 Å². The zero-order valence-corrected chi connectivity index (χ0v) is 17.1. The van der Waals surface area contributed by atoms with E-state index in [0.29, 0.717) is 5.41 Å². The first-order chi connectivity index (χ1) is 12.4. The molecule has 3 rings (SSSR count). The number of benzene rings is 2. The maximum atomic E-state index is 2.66. The Morgan fingerprint density at radius 1 is 0.846 bits per heavy atom. The Morgan fingerprint density at radius 2 is 1.38 bits per heavy atom. The van der Waals surface area contributed by atoms with Crippen LogP contribution in [0.5, 0.6) is 0 Å². The Balaban J connectivity index is 1.46. The molecule has 1 heteroatoms. The van der Waals surface area contributed by atoms with E-state index in [1.54, 1.807) is 0 Å². The van der Waals surface area contributed by atoms with E-state index in [9.17, 15) is 0 Å². The van der Waals surface area contributed by atoms with E-state index in [-0.39, 0.29) is 0 Å². The van der Waals surface area contributed by atoms with E-state index in [2.05, 4.69) is 81.1 Å². The molecule has 0 radical (unpaired) electrons. The molecule has 0 N–H and O–H groups in total. The summed E-state index contributed by atoms with van der Waals surface area (Å²) in [6.07, 6.45) is 5.31. The standard InChI is InChI=1S/C25H35N/c1-20-5-11-23(12-6-20)24-13-9-21(10-14-24)7-8-22-15-17-26(18-16-22)19-25(2,3)4/h5-6,9-14,22H,7-8,15-19H2,1-4H3. The van der Waals surface area contributed by atoms with Gasteiger partial charge in [-0.2, -0.15) is 0 Å². The van der Waals surface area contributed by atoms with Gasteiger partial charge in [0.15, 0.2) is 0 Å². The first kappa shape index (κ1) is 19.2. The van der Waals surface area contributed by atoms with Crippen molar-refractivity contribution in [3.8, 4) is 11.1 Å². The summed E-state index contributed by atoms with van der Waals surface area (Å²) in [6, 6.07) is 18.0. The van der Waals surface area contributed by atoms with E-state index in [0.717, 1.165) is 5.92 Å². The molecule has 0 aliphatic carbocycles. The van der Waals surface area contributed by atoms with Crippen LogP contribution in [0, 0.1) is 18.3 Å². The maximum absolute atomic E-state index is 2.66. The molecule has 26 heavy (non-hydrogen) atoms. The molecule has 0 bridgehead atoms. The molecule has 0 aromatic heterocycles. The van der Waals surface area contributed by atoms with Crippen molar-refractivity contribution in [3.63, 3.8) is 0 Å². The minimum absolute atomic E-state index is 0.423. The molecule has 140 valence electrons. The van der Waals surface area contributed by atoms with Crippen molar-refractivity contribution < 1.29 is 0 Å². The van der Waals surface area contributed by atoms with Gasteiger partial charge in [0.1, 0.15) is 0 Å². The Kier molecular flexibility index (Phi) is 6.19. The van der Waals surface area contributed by atoms with Crippen LogP contribution in [0.4, 0.5) is 0 Å². The average molecular weight is 350 g/mol. The average Bonchev–Trinajstić information content (AvgIpc) is 2.61. The van der Waals surface area contributed by atoms with Gasteiger partial charge in [-0.05, 0) is 73.7 Å². The van der Waals surface area contributed by atoms with Crippen molar-refractivity contribution in [2.75, 3.05) is 19.6 Å². The number of aryl methyl sites for hydroxylation is 2. The predicted octanol–water partition coefficient (Wildman–Crippen LogP) is 6.35. The highest BCUT2D eigenvalue weighted by atomic mass is 15.1. The van der Waals surface area contributed by atoms with Gasteiger partial charge in [-0.25, -0.2) is 0 Å². The third-order valence-electron chi connectivity index (χ3n) is 5.59. The Bertz CT molecular complexity index is 668. The molecular formula is C25H35N. The molecule has 0 saturated carbocycles. The molecule has 2 aromatic carbocycles. The molecule has 2 aromatic rings. The molecule has 1 fully saturated rings. The summed E-state index contributed by atoms with van der Waals surface area (Å²) in [7, 11) is 0. The second-order valence-electron chi connectivity index (χ2n) is 9.38. The third kappa shape index (κ3) is 5.71. The number of likely N-dealkylation sites (tertiary alicyclic amines) is 1. The van der Waals surface area contributed by atoms with Crippen LogP contribution in [0.15, 0.2) is 48.5 Å². The molecule has 0 atom stereocenters. The summed E-state index contributed by atoms with van der Waals surface area (Å²) in [4.78, 5) is 2.66. The van der Waals surface area contributed by atoms with Crippen LogP contribution >= 0.6 is 0 Å². The summed E-state index contributed by atoms with van der Waals surface area (Å²) in [5.74, 6) is 0.906. The van der Waals surface area contributed by atoms with Crippen LogP contribution in [0.2, 0.25) is 0 Å². The predicted molar refractivity (Wildman–Crippen MR) is 114 cm³/mol. The van der Waals surface area contributed by atoms with Crippen LogP contribution in [-0.4, -0.2) is 24.5 Å². The third-order valence-corrected chi connectivity index (χ3v) is 5.59. The lowest BCUT2D eigenvalue weighted by molar-refractivity contribution is 0.133. The fourth-order valence-electron chi connectivity index (χ4n) is 4.08. The Labute approximate surface area is 160 Å². The number of rotatable bonds is 5. The van der Waals surface area contributed by atoms with Crippen molar-refractivity contribution in [1.82, 2.24) is 4.90 Å². The summed E-state index contributed by atoms with van der Waals surface area (Å²) in [5.41, 5.74) is 5.86. The van der Waals surface area contributed by atoms with Crippen molar-refractivity contribution in [3.05, 3.63) is 59.7 Å². The topological polar surface area (TPSA) is 3.24 Å². The highest BCUT2D eigenvalue weighted by Gasteiger charge is 2.22. The summed E-state index contributed by atoms with van der Waals surface area (Å²) >= 11 is 0. The largest absolute Gasteiger partial charge is 0.303 e. The number of piperidine rings is 1. The van der Waals surface area contributed by atoms with Crippen molar-refractivity contribution in [1.29, 1.82) is 0 Å². The van der Waals surface area contributed by atoms with Gasteiger partial charge in [0.25, 0.3) is 0 Å². The zero-order chi connectivity index (χ0) is 18.6. The molecule has 0 unspecified atom stereocenters.